The molecule has 0 aliphatic carbocycles. The topological polar surface area (TPSA) is 56.8 Å². The molecule has 5 nitrogen and oxygen atoms in total. The molecule has 104 valence electrons. The molecule has 0 aromatic heterocycles. The van der Waals surface area contributed by atoms with E-state index in [-0.39, 0.29) is 12.0 Å². The number of methoxy groups -OCH3 is 1. The second-order valence-corrected chi connectivity index (χ2v) is 4.29. The minimum Gasteiger partial charge on any atom is -0.493 e. The van der Waals surface area contributed by atoms with Gasteiger partial charge in [0.15, 0.2) is 11.5 Å². The maximum Gasteiger partial charge on any atom is 0.249 e. The third kappa shape index (κ3) is 3.86. The lowest BCUT2D eigenvalue weighted by Crippen LogP contribution is -2.36. The third-order valence-electron chi connectivity index (χ3n) is 2.95. The standard InChI is InChI=1S/C14H19NO4/c1-17-11-5-2-3-6-12(11)19-10-8-15-14(16)13-7-4-9-18-13/h2-3,5-6,13H,4,7-10H2,1H3,(H,15,16). The van der Waals surface area contributed by atoms with Gasteiger partial charge in [0.05, 0.1) is 13.7 Å². The zero-order valence-electron chi connectivity index (χ0n) is 11.1. The van der Waals surface area contributed by atoms with Gasteiger partial charge in [0.2, 0.25) is 5.91 Å². The first-order valence-electron chi connectivity index (χ1n) is 6.46. The van der Waals surface area contributed by atoms with E-state index in [9.17, 15) is 4.79 Å². The van der Waals surface area contributed by atoms with E-state index in [1.165, 1.54) is 0 Å². The van der Waals surface area contributed by atoms with E-state index in [4.69, 9.17) is 14.2 Å². The van der Waals surface area contributed by atoms with Gasteiger partial charge in [-0.3, -0.25) is 4.79 Å². The van der Waals surface area contributed by atoms with Crippen LogP contribution in [0.1, 0.15) is 12.8 Å². The molecule has 1 heterocycles. The van der Waals surface area contributed by atoms with Crippen LogP contribution in [0.3, 0.4) is 0 Å². The largest absolute Gasteiger partial charge is 0.493 e. The van der Waals surface area contributed by atoms with Crippen molar-refractivity contribution in [3.63, 3.8) is 0 Å². The first kappa shape index (κ1) is 13.7. The van der Waals surface area contributed by atoms with Gasteiger partial charge in [0.25, 0.3) is 0 Å². The van der Waals surface area contributed by atoms with E-state index in [1.54, 1.807) is 7.11 Å². The molecular weight excluding hydrogens is 246 g/mol. The summed E-state index contributed by atoms with van der Waals surface area (Å²) in [7, 11) is 1.60. The Balaban J connectivity index is 1.70. The predicted molar refractivity (Wildman–Crippen MR) is 70.5 cm³/mol. The highest BCUT2D eigenvalue weighted by Crippen LogP contribution is 2.25. The van der Waals surface area contributed by atoms with Crippen molar-refractivity contribution < 1.29 is 19.0 Å². The van der Waals surface area contributed by atoms with Gasteiger partial charge in [-0.05, 0) is 25.0 Å². The molecule has 2 rings (SSSR count). The molecule has 1 aliphatic heterocycles. The molecule has 1 unspecified atom stereocenters. The molecule has 1 N–H and O–H groups in total. The van der Waals surface area contributed by atoms with Crippen molar-refractivity contribution >= 4 is 5.91 Å². The first-order chi connectivity index (χ1) is 9.31. The highest BCUT2D eigenvalue weighted by molar-refractivity contribution is 5.80. The van der Waals surface area contributed by atoms with Crippen molar-refractivity contribution in [2.75, 3.05) is 26.9 Å². The number of rotatable bonds is 6. The predicted octanol–water partition coefficient (Wildman–Crippen LogP) is 1.37. The van der Waals surface area contributed by atoms with Crippen LogP contribution in [0.25, 0.3) is 0 Å². The normalized spacial score (nSPS) is 18.1. The van der Waals surface area contributed by atoms with Gasteiger partial charge < -0.3 is 19.5 Å². The molecule has 5 heteroatoms. The van der Waals surface area contributed by atoms with E-state index in [2.05, 4.69) is 5.32 Å². The fraction of sp³-hybridized carbons (Fsp3) is 0.500. The van der Waals surface area contributed by atoms with Crippen LogP contribution in [0.4, 0.5) is 0 Å². The Labute approximate surface area is 112 Å². The highest BCUT2D eigenvalue weighted by atomic mass is 16.5. The van der Waals surface area contributed by atoms with Crippen molar-refractivity contribution in [2.45, 2.75) is 18.9 Å². The Bertz CT molecular complexity index is 416. The van der Waals surface area contributed by atoms with Gasteiger partial charge in [-0.2, -0.15) is 0 Å². The van der Waals surface area contributed by atoms with Crippen LogP contribution in [0.5, 0.6) is 11.5 Å². The van der Waals surface area contributed by atoms with Crippen molar-refractivity contribution in [3.05, 3.63) is 24.3 Å². The maximum absolute atomic E-state index is 11.7. The molecule has 0 radical (unpaired) electrons. The average Bonchev–Trinajstić information content (AvgIpc) is 2.98. The number of carbonyl (C=O) groups is 1. The SMILES string of the molecule is COc1ccccc1OCCNC(=O)C1CCCO1. The summed E-state index contributed by atoms with van der Waals surface area (Å²) >= 11 is 0. The highest BCUT2D eigenvalue weighted by Gasteiger charge is 2.22. The molecule has 0 bridgehead atoms. The zero-order valence-corrected chi connectivity index (χ0v) is 11.1. The molecule has 1 fully saturated rings. The molecule has 0 spiro atoms. The quantitative estimate of drug-likeness (QED) is 0.789. The van der Waals surface area contributed by atoms with Gasteiger partial charge in [-0.25, -0.2) is 0 Å². The van der Waals surface area contributed by atoms with Crippen molar-refractivity contribution in [2.24, 2.45) is 0 Å². The Hall–Kier alpha value is -1.75. The van der Waals surface area contributed by atoms with Crippen LogP contribution >= 0.6 is 0 Å². The van der Waals surface area contributed by atoms with Gasteiger partial charge >= 0.3 is 0 Å². The van der Waals surface area contributed by atoms with E-state index in [0.717, 1.165) is 12.8 Å². The smallest absolute Gasteiger partial charge is 0.249 e. The fourth-order valence-electron chi connectivity index (χ4n) is 1.97. The lowest BCUT2D eigenvalue weighted by molar-refractivity contribution is -0.130. The van der Waals surface area contributed by atoms with Gasteiger partial charge in [0, 0.05) is 6.61 Å². The van der Waals surface area contributed by atoms with Crippen LogP contribution in [-0.4, -0.2) is 38.9 Å². The number of hydrogen-bond donors (Lipinski definition) is 1. The Kier molecular flexibility index (Phi) is 5.03. The molecule has 1 amide bonds. The number of nitrogens with one attached hydrogen (secondary N) is 1. The summed E-state index contributed by atoms with van der Waals surface area (Å²) in [5.41, 5.74) is 0. The Morgan fingerprint density at radius 2 is 2.21 bits per heavy atom. The fourth-order valence-corrected chi connectivity index (χ4v) is 1.97. The minimum absolute atomic E-state index is 0.0545. The van der Waals surface area contributed by atoms with Crippen molar-refractivity contribution in [1.82, 2.24) is 5.32 Å². The number of amides is 1. The monoisotopic (exact) mass is 265 g/mol. The molecule has 1 aliphatic rings. The zero-order chi connectivity index (χ0) is 13.5. The third-order valence-corrected chi connectivity index (χ3v) is 2.95. The summed E-state index contributed by atoms with van der Waals surface area (Å²) in [5, 5.41) is 2.80. The summed E-state index contributed by atoms with van der Waals surface area (Å²) < 4.78 is 16.0. The molecule has 1 saturated heterocycles. The summed E-state index contributed by atoms with van der Waals surface area (Å²) in [6.45, 7) is 1.53. The molecule has 1 atom stereocenters. The summed E-state index contributed by atoms with van der Waals surface area (Å²) in [5.74, 6) is 1.31. The lowest BCUT2D eigenvalue weighted by atomic mass is 10.2. The summed E-state index contributed by atoms with van der Waals surface area (Å²) in [6, 6.07) is 7.43. The summed E-state index contributed by atoms with van der Waals surface area (Å²) in [6.07, 6.45) is 1.47. The van der Waals surface area contributed by atoms with E-state index in [1.807, 2.05) is 24.3 Å². The maximum atomic E-state index is 11.7. The Morgan fingerprint density at radius 3 is 2.89 bits per heavy atom. The molecule has 1 aromatic rings. The number of benzene rings is 1. The molecule has 0 saturated carbocycles. The lowest BCUT2D eigenvalue weighted by Gasteiger charge is -2.12. The van der Waals surface area contributed by atoms with Crippen LogP contribution in [-0.2, 0) is 9.53 Å². The number of hydrogen-bond acceptors (Lipinski definition) is 4. The number of carbonyl (C=O) groups excluding carboxylic acids is 1. The van der Waals surface area contributed by atoms with E-state index < -0.39 is 0 Å². The molecular formula is C14H19NO4. The van der Waals surface area contributed by atoms with Crippen LogP contribution < -0.4 is 14.8 Å². The van der Waals surface area contributed by atoms with Crippen LogP contribution in [0.2, 0.25) is 0 Å². The van der Waals surface area contributed by atoms with Crippen molar-refractivity contribution in [1.29, 1.82) is 0 Å². The van der Waals surface area contributed by atoms with Crippen LogP contribution in [0.15, 0.2) is 24.3 Å². The second kappa shape index (κ2) is 6.99. The van der Waals surface area contributed by atoms with Crippen molar-refractivity contribution in [3.8, 4) is 11.5 Å². The van der Waals surface area contributed by atoms with Crippen LogP contribution in [0, 0.1) is 0 Å². The minimum atomic E-state index is -0.286. The Morgan fingerprint density at radius 1 is 1.42 bits per heavy atom. The summed E-state index contributed by atoms with van der Waals surface area (Å²) in [4.78, 5) is 11.7. The van der Waals surface area contributed by atoms with E-state index in [0.29, 0.717) is 31.3 Å². The van der Waals surface area contributed by atoms with Gasteiger partial charge in [0.1, 0.15) is 12.7 Å². The average molecular weight is 265 g/mol. The first-order valence-corrected chi connectivity index (χ1v) is 6.46. The van der Waals surface area contributed by atoms with E-state index >= 15 is 0 Å². The van der Waals surface area contributed by atoms with Gasteiger partial charge in [-0.1, -0.05) is 12.1 Å². The number of para-hydroxylation sites is 2. The van der Waals surface area contributed by atoms with Gasteiger partial charge in [-0.15, -0.1) is 0 Å². The number of ether oxygens (including phenoxy) is 3. The molecule has 1 aromatic carbocycles. The molecule has 19 heavy (non-hydrogen) atoms. The second-order valence-electron chi connectivity index (χ2n) is 4.29.